The topological polar surface area (TPSA) is 40.7 Å². The smallest absolute Gasteiger partial charge is 0.107 e. The third-order valence-corrected chi connectivity index (χ3v) is 4.10. The number of nitrogens with one attached hydrogen (secondary N) is 2. The van der Waals surface area contributed by atoms with Gasteiger partial charge in [-0.05, 0) is 22.3 Å². The van der Waals surface area contributed by atoms with E-state index in [1.807, 2.05) is 6.20 Å². The van der Waals surface area contributed by atoms with Crippen molar-refractivity contribution < 1.29 is 0 Å². The van der Waals surface area contributed by atoms with Crippen molar-refractivity contribution in [3.05, 3.63) is 77.9 Å². The Balaban J connectivity index is 1.59. The SMILES string of the molecule is c1ccc2c(c1)-c1ccccc1C2NCCc1ncc[nH]1. The molecule has 0 unspecified atom stereocenters. The van der Waals surface area contributed by atoms with Crippen molar-refractivity contribution in [2.24, 2.45) is 0 Å². The van der Waals surface area contributed by atoms with Crippen molar-refractivity contribution in [3.8, 4) is 11.1 Å². The summed E-state index contributed by atoms with van der Waals surface area (Å²) in [6, 6.07) is 17.6. The van der Waals surface area contributed by atoms with Gasteiger partial charge in [0.2, 0.25) is 0 Å². The van der Waals surface area contributed by atoms with E-state index in [9.17, 15) is 0 Å². The molecule has 1 heterocycles. The summed E-state index contributed by atoms with van der Waals surface area (Å²) in [6.45, 7) is 0.904. The molecule has 0 amide bonds. The summed E-state index contributed by atoms with van der Waals surface area (Å²) in [4.78, 5) is 7.42. The number of hydrogen-bond acceptors (Lipinski definition) is 2. The quantitative estimate of drug-likeness (QED) is 0.767. The summed E-state index contributed by atoms with van der Waals surface area (Å²) in [5.41, 5.74) is 5.45. The van der Waals surface area contributed by atoms with E-state index < -0.39 is 0 Å². The fourth-order valence-electron chi connectivity index (χ4n) is 3.15. The van der Waals surface area contributed by atoms with Crippen molar-refractivity contribution in [1.29, 1.82) is 0 Å². The normalized spacial score (nSPS) is 13.1. The lowest BCUT2D eigenvalue weighted by Gasteiger charge is -2.15. The Morgan fingerprint density at radius 2 is 1.62 bits per heavy atom. The number of fused-ring (bicyclic) bond motifs is 3. The Morgan fingerprint density at radius 1 is 0.952 bits per heavy atom. The molecular weight excluding hydrogens is 258 g/mol. The highest BCUT2D eigenvalue weighted by Crippen LogP contribution is 2.42. The van der Waals surface area contributed by atoms with Gasteiger partial charge < -0.3 is 10.3 Å². The standard InChI is InChI=1S/C18H17N3/c1-3-7-15-13(5-1)14-6-2-4-8-16(14)18(15)21-10-9-17-19-11-12-20-17/h1-8,11-12,18,21H,9-10H2,(H,19,20). The maximum atomic E-state index is 4.27. The molecule has 1 aromatic heterocycles. The van der Waals surface area contributed by atoms with E-state index in [1.54, 1.807) is 6.20 Å². The van der Waals surface area contributed by atoms with Crippen LogP contribution in [0.2, 0.25) is 0 Å². The second-order valence-electron chi connectivity index (χ2n) is 5.35. The van der Waals surface area contributed by atoms with Crippen LogP contribution in [-0.4, -0.2) is 16.5 Å². The third kappa shape index (κ3) is 2.16. The summed E-state index contributed by atoms with van der Waals surface area (Å²) < 4.78 is 0. The van der Waals surface area contributed by atoms with Crippen LogP contribution in [0, 0.1) is 0 Å². The summed E-state index contributed by atoms with van der Waals surface area (Å²) in [5.74, 6) is 1.03. The second-order valence-corrected chi connectivity index (χ2v) is 5.35. The lowest BCUT2D eigenvalue weighted by atomic mass is 10.1. The van der Waals surface area contributed by atoms with Gasteiger partial charge >= 0.3 is 0 Å². The molecule has 2 N–H and O–H groups in total. The molecule has 0 radical (unpaired) electrons. The molecule has 3 aromatic rings. The molecule has 0 bridgehead atoms. The van der Waals surface area contributed by atoms with Crippen molar-refractivity contribution >= 4 is 0 Å². The number of H-pyrrole nitrogens is 1. The van der Waals surface area contributed by atoms with Crippen LogP contribution < -0.4 is 5.32 Å². The van der Waals surface area contributed by atoms with Crippen LogP contribution in [0.1, 0.15) is 23.0 Å². The third-order valence-electron chi connectivity index (χ3n) is 4.10. The van der Waals surface area contributed by atoms with Crippen molar-refractivity contribution in [2.75, 3.05) is 6.54 Å². The van der Waals surface area contributed by atoms with E-state index in [0.29, 0.717) is 0 Å². The maximum absolute atomic E-state index is 4.27. The van der Waals surface area contributed by atoms with Crippen LogP contribution in [0.5, 0.6) is 0 Å². The van der Waals surface area contributed by atoms with Gasteiger partial charge in [0.05, 0.1) is 6.04 Å². The van der Waals surface area contributed by atoms with Gasteiger partial charge in [0.1, 0.15) is 5.82 Å². The zero-order chi connectivity index (χ0) is 14.1. The Labute approximate surface area is 124 Å². The first-order valence-corrected chi connectivity index (χ1v) is 7.33. The fraction of sp³-hybridized carbons (Fsp3) is 0.167. The van der Waals surface area contributed by atoms with Crippen LogP contribution in [0.4, 0.5) is 0 Å². The molecule has 0 atom stereocenters. The second kappa shape index (κ2) is 5.19. The number of nitrogens with zero attached hydrogens (tertiary/aromatic N) is 1. The number of imidazole rings is 1. The molecule has 1 aliphatic carbocycles. The van der Waals surface area contributed by atoms with Crippen LogP contribution in [0.25, 0.3) is 11.1 Å². The lowest BCUT2D eigenvalue weighted by Crippen LogP contribution is -2.23. The van der Waals surface area contributed by atoms with Gasteiger partial charge in [0.25, 0.3) is 0 Å². The zero-order valence-corrected chi connectivity index (χ0v) is 11.7. The molecule has 104 valence electrons. The Morgan fingerprint density at radius 3 is 2.24 bits per heavy atom. The highest BCUT2D eigenvalue weighted by molar-refractivity contribution is 5.78. The van der Waals surface area contributed by atoms with Crippen molar-refractivity contribution in [2.45, 2.75) is 12.5 Å². The van der Waals surface area contributed by atoms with E-state index in [1.165, 1.54) is 22.3 Å². The van der Waals surface area contributed by atoms with Gasteiger partial charge in [-0.1, -0.05) is 48.5 Å². The molecule has 0 aliphatic heterocycles. The van der Waals surface area contributed by atoms with Gasteiger partial charge in [-0.3, -0.25) is 0 Å². The van der Waals surface area contributed by atoms with Crippen LogP contribution in [-0.2, 0) is 6.42 Å². The molecule has 0 fully saturated rings. The predicted octanol–water partition coefficient (Wildman–Crippen LogP) is 3.31. The number of hydrogen-bond donors (Lipinski definition) is 2. The summed E-state index contributed by atoms with van der Waals surface area (Å²) in [5, 5.41) is 3.67. The van der Waals surface area contributed by atoms with Gasteiger partial charge in [0, 0.05) is 25.4 Å². The summed E-state index contributed by atoms with van der Waals surface area (Å²) in [7, 11) is 0. The molecular formula is C18H17N3. The minimum absolute atomic E-state index is 0.285. The Bertz CT molecular complexity index is 701. The minimum atomic E-state index is 0.285. The van der Waals surface area contributed by atoms with Crippen LogP contribution >= 0.6 is 0 Å². The molecule has 2 aromatic carbocycles. The summed E-state index contributed by atoms with van der Waals surface area (Å²) >= 11 is 0. The molecule has 4 rings (SSSR count). The Kier molecular flexibility index (Phi) is 3.05. The molecule has 0 spiro atoms. The van der Waals surface area contributed by atoms with Crippen molar-refractivity contribution in [1.82, 2.24) is 15.3 Å². The first kappa shape index (κ1) is 12.4. The minimum Gasteiger partial charge on any atom is -0.349 e. The fourth-order valence-corrected chi connectivity index (χ4v) is 3.15. The van der Waals surface area contributed by atoms with E-state index in [2.05, 4.69) is 63.8 Å². The van der Waals surface area contributed by atoms with E-state index in [0.717, 1.165) is 18.8 Å². The monoisotopic (exact) mass is 275 g/mol. The average molecular weight is 275 g/mol. The van der Waals surface area contributed by atoms with Crippen molar-refractivity contribution in [3.63, 3.8) is 0 Å². The molecule has 0 saturated carbocycles. The van der Waals surface area contributed by atoms with Gasteiger partial charge in [-0.25, -0.2) is 4.98 Å². The number of benzene rings is 2. The molecule has 21 heavy (non-hydrogen) atoms. The maximum Gasteiger partial charge on any atom is 0.107 e. The first-order valence-electron chi connectivity index (χ1n) is 7.33. The van der Waals surface area contributed by atoms with E-state index in [4.69, 9.17) is 0 Å². The predicted molar refractivity (Wildman–Crippen MR) is 84.0 cm³/mol. The van der Waals surface area contributed by atoms with Gasteiger partial charge in [-0.15, -0.1) is 0 Å². The largest absolute Gasteiger partial charge is 0.349 e. The Hall–Kier alpha value is -2.39. The number of rotatable bonds is 4. The van der Waals surface area contributed by atoms with Crippen LogP contribution in [0.15, 0.2) is 60.9 Å². The molecule has 3 heteroatoms. The highest BCUT2D eigenvalue weighted by atomic mass is 14.9. The average Bonchev–Trinajstić information content (AvgIpc) is 3.15. The van der Waals surface area contributed by atoms with E-state index in [-0.39, 0.29) is 6.04 Å². The van der Waals surface area contributed by atoms with Gasteiger partial charge in [-0.2, -0.15) is 0 Å². The summed E-state index contributed by atoms with van der Waals surface area (Å²) in [6.07, 6.45) is 4.58. The number of aromatic amines is 1. The lowest BCUT2D eigenvalue weighted by molar-refractivity contribution is 0.608. The van der Waals surface area contributed by atoms with E-state index >= 15 is 0 Å². The molecule has 1 aliphatic rings. The highest BCUT2D eigenvalue weighted by Gasteiger charge is 2.27. The molecule has 3 nitrogen and oxygen atoms in total. The number of aromatic nitrogens is 2. The molecule has 0 saturated heterocycles. The van der Waals surface area contributed by atoms with Gasteiger partial charge in [0.15, 0.2) is 0 Å². The first-order chi connectivity index (χ1) is 10.4. The van der Waals surface area contributed by atoms with Crippen LogP contribution in [0.3, 0.4) is 0 Å². The zero-order valence-electron chi connectivity index (χ0n) is 11.7.